The van der Waals surface area contributed by atoms with Crippen molar-refractivity contribution in [3.8, 4) is 0 Å². The average molecular weight is 427 g/mol. The van der Waals surface area contributed by atoms with Gasteiger partial charge in [-0.3, -0.25) is 9.59 Å². The number of rotatable bonds is 4. The molecular formula is C23H23ClN2O4. The Balaban J connectivity index is 1.68. The van der Waals surface area contributed by atoms with Crippen molar-refractivity contribution in [2.24, 2.45) is 5.41 Å². The molecular weight excluding hydrogens is 404 g/mol. The maximum absolute atomic E-state index is 13.4. The van der Waals surface area contributed by atoms with Gasteiger partial charge in [-0.2, -0.15) is 0 Å². The smallest absolute Gasteiger partial charge is 0.314 e. The predicted octanol–water partition coefficient (Wildman–Crippen LogP) is 4.89. The minimum absolute atomic E-state index is 0.133. The van der Waals surface area contributed by atoms with E-state index in [4.69, 9.17) is 20.8 Å². The van der Waals surface area contributed by atoms with Crippen LogP contribution in [-0.4, -0.2) is 34.9 Å². The molecule has 1 aliphatic heterocycles. The molecule has 1 amide bonds. The highest BCUT2D eigenvalue weighted by molar-refractivity contribution is 6.31. The monoisotopic (exact) mass is 426 g/mol. The highest BCUT2D eigenvalue weighted by Gasteiger charge is 2.57. The Bertz CT molecular complexity index is 1110. The number of aromatic nitrogens is 1. The minimum Gasteiger partial charge on any atom is -0.472 e. The summed E-state index contributed by atoms with van der Waals surface area (Å²) in [6.45, 7) is 2.65. The maximum Gasteiger partial charge on any atom is 0.314 e. The SMILES string of the molecule is CCOC(=O)C1(C2c3[nH]c4ccc(Cl)cc4c3CCN2C(=O)c2ccoc2)CCC1. The number of nitrogens with zero attached hydrogens (tertiary/aromatic N) is 1. The van der Waals surface area contributed by atoms with E-state index < -0.39 is 11.5 Å². The molecule has 0 radical (unpaired) electrons. The zero-order valence-electron chi connectivity index (χ0n) is 16.7. The molecule has 0 spiro atoms. The van der Waals surface area contributed by atoms with Crippen LogP contribution in [0.2, 0.25) is 5.02 Å². The summed E-state index contributed by atoms with van der Waals surface area (Å²) < 4.78 is 10.6. The van der Waals surface area contributed by atoms with Gasteiger partial charge < -0.3 is 19.0 Å². The number of hydrogen-bond acceptors (Lipinski definition) is 4. The Kier molecular flexibility index (Phi) is 4.62. The van der Waals surface area contributed by atoms with Crippen molar-refractivity contribution < 1.29 is 18.7 Å². The van der Waals surface area contributed by atoms with Crippen molar-refractivity contribution in [3.05, 3.63) is 58.6 Å². The molecule has 156 valence electrons. The molecule has 1 aliphatic carbocycles. The number of nitrogens with one attached hydrogen (secondary N) is 1. The minimum atomic E-state index is -0.741. The van der Waals surface area contributed by atoms with Gasteiger partial charge in [0.05, 0.1) is 29.9 Å². The second-order valence-electron chi connectivity index (χ2n) is 8.10. The molecule has 1 unspecified atom stereocenters. The van der Waals surface area contributed by atoms with Crippen LogP contribution in [0, 0.1) is 5.41 Å². The quantitative estimate of drug-likeness (QED) is 0.603. The molecule has 2 aliphatic rings. The lowest BCUT2D eigenvalue weighted by Crippen LogP contribution is -2.54. The number of esters is 1. The molecule has 1 atom stereocenters. The number of ether oxygens (including phenoxy) is 1. The van der Waals surface area contributed by atoms with Crippen LogP contribution in [0.15, 0.2) is 41.2 Å². The number of amides is 1. The maximum atomic E-state index is 13.4. The van der Waals surface area contributed by atoms with Gasteiger partial charge >= 0.3 is 5.97 Å². The van der Waals surface area contributed by atoms with E-state index in [1.54, 1.807) is 6.07 Å². The number of hydrogen-bond donors (Lipinski definition) is 1. The molecule has 1 N–H and O–H groups in total. The summed E-state index contributed by atoms with van der Waals surface area (Å²) in [6.07, 6.45) is 5.96. The van der Waals surface area contributed by atoms with E-state index in [2.05, 4.69) is 4.98 Å². The molecule has 7 heteroatoms. The molecule has 1 saturated carbocycles. The van der Waals surface area contributed by atoms with Gasteiger partial charge in [0.1, 0.15) is 6.26 Å². The first kappa shape index (κ1) is 19.2. The number of benzene rings is 1. The van der Waals surface area contributed by atoms with Crippen LogP contribution < -0.4 is 0 Å². The molecule has 6 nitrogen and oxygen atoms in total. The molecule has 30 heavy (non-hydrogen) atoms. The third kappa shape index (κ3) is 2.77. The summed E-state index contributed by atoms with van der Waals surface area (Å²) in [4.78, 5) is 31.9. The highest BCUT2D eigenvalue weighted by Crippen LogP contribution is 2.56. The van der Waals surface area contributed by atoms with Gasteiger partial charge in [-0.1, -0.05) is 18.0 Å². The molecule has 0 saturated heterocycles. The topological polar surface area (TPSA) is 75.5 Å². The second kappa shape index (κ2) is 7.20. The summed E-state index contributed by atoms with van der Waals surface area (Å²) in [5, 5.41) is 1.72. The Hall–Kier alpha value is -2.73. The van der Waals surface area contributed by atoms with Crippen LogP contribution in [0.3, 0.4) is 0 Å². The number of carbonyl (C=O) groups excluding carboxylic acids is 2. The Morgan fingerprint density at radius 1 is 1.33 bits per heavy atom. The van der Waals surface area contributed by atoms with Crippen LogP contribution in [0.5, 0.6) is 0 Å². The van der Waals surface area contributed by atoms with Gasteiger partial charge in [0.2, 0.25) is 0 Å². The molecule has 5 rings (SSSR count). The van der Waals surface area contributed by atoms with Crippen molar-refractivity contribution in [2.45, 2.75) is 38.6 Å². The number of fused-ring (bicyclic) bond motifs is 3. The summed E-state index contributed by atoms with van der Waals surface area (Å²) in [7, 11) is 0. The first-order chi connectivity index (χ1) is 14.5. The predicted molar refractivity (Wildman–Crippen MR) is 112 cm³/mol. The molecule has 1 fully saturated rings. The normalized spacial score (nSPS) is 19.9. The standard InChI is InChI=1S/C23H23ClN2O4/c1-2-30-22(28)23(8-3-9-23)20-19-16(17-12-15(24)4-5-18(17)25-19)6-10-26(20)21(27)14-7-11-29-13-14/h4-5,7,11-13,20,25H,2-3,6,8-10H2,1H3. The number of furan rings is 1. The van der Waals surface area contributed by atoms with E-state index in [0.29, 0.717) is 43.0 Å². The van der Waals surface area contributed by atoms with Gasteiger partial charge in [0, 0.05) is 28.2 Å². The number of halogens is 1. The number of carbonyl (C=O) groups is 2. The first-order valence-electron chi connectivity index (χ1n) is 10.4. The molecule has 1 aromatic carbocycles. The van der Waals surface area contributed by atoms with Crippen molar-refractivity contribution >= 4 is 34.4 Å². The van der Waals surface area contributed by atoms with Gasteiger partial charge in [-0.15, -0.1) is 0 Å². The van der Waals surface area contributed by atoms with Crippen molar-refractivity contribution in [3.63, 3.8) is 0 Å². The van der Waals surface area contributed by atoms with E-state index in [1.807, 2.05) is 30.0 Å². The number of aromatic amines is 1. The van der Waals surface area contributed by atoms with Gasteiger partial charge in [-0.25, -0.2) is 0 Å². The Morgan fingerprint density at radius 2 is 2.17 bits per heavy atom. The van der Waals surface area contributed by atoms with Gasteiger partial charge in [0.15, 0.2) is 0 Å². The fraction of sp³-hybridized carbons (Fsp3) is 0.391. The van der Waals surface area contributed by atoms with Crippen molar-refractivity contribution in [1.82, 2.24) is 9.88 Å². The van der Waals surface area contributed by atoms with Crippen LogP contribution in [0.1, 0.15) is 53.8 Å². The Labute approximate surface area is 179 Å². The zero-order valence-corrected chi connectivity index (χ0v) is 17.5. The Morgan fingerprint density at radius 3 is 2.83 bits per heavy atom. The van der Waals surface area contributed by atoms with Crippen molar-refractivity contribution in [2.75, 3.05) is 13.2 Å². The van der Waals surface area contributed by atoms with E-state index in [9.17, 15) is 9.59 Å². The second-order valence-corrected chi connectivity index (χ2v) is 8.54. The summed E-state index contributed by atoms with van der Waals surface area (Å²) in [5.41, 5.74) is 2.76. The largest absolute Gasteiger partial charge is 0.472 e. The zero-order chi connectivity index (χ0) is 20.9. The van der Waals surface area contributed by atoms with Gasteiger partial charge in [-0.05, 0) is 56.0 Å². The highest BCUT2D eigenvalue weighted by atomic mass is 35.5. The molecule has 0 bridgehead atoms. The molecule has 3 heterocycles. The summed E-state index contributed by atoms with van der Waals surface area (Å²) in [5.74, 6) is -0.359. The fourth-order valence-electron chi connectivity index (χ4n) is 5.03. The first-order valence-corrected chi connectivity index (χ1v) is 10.7. The van der Waals surface area contributed by atoms with Crippen LogP contribution >= 0.6 is 11.6 Å². The summed E-state index contributed by atoms with van der Waals surface area (Å²) >= 11 is 6.26. The van der Waals surface area contributed by atoms with Crippen LogP contribution in [-0.2, 0) is 16.0 Å². The lowest BCUT2D eigenvalue weighted by Gasteiger charge is -2.50. The van der Waals surface area contributed by atoms with E-state index in [0.717, 1.165) is 28.6 Å². The van der Waals surface area contributed by atoms with E-state index in [-0.39, 0.29) is 11.9 Å². The summed E-state index contributed by atoms with van der Waals surface area (Å²) in [6, 6.07) is 7.00. The molecule has 2 aromatic heterocycles. The van der Waals surface area contributed by atoms with E-state index >= 15 is 0 Å². The molecule has 3 aromatic rings. The van der Waals surface area contributed by atoms with Crippen LogP contribution in [0.25, 0.3) is 10.9 Å². The third-order valence-corrected chi connectivity index (χ3v) is 6.80. The fourth-order valence-corrected chi connectivity index (χ4v) is 5.20. The van der Waals surface area contributed by atoms with Gasteiger partial charge in [0.25, 0.3) is 5.91 Å². The van der Waals surface area contributed by atoms with Crippen LogP contribution in [0.4, 0.5) is 0 Å². The number of H-pyrrole nitrogens is 1. The average Bonchev–Trinajstić information content (AvgIpc) is 3.35. The lowest BCUT2D eigenvalue weighted by molar-refractivity contribution is -0.168. The lowest BCUT2D eigenvalue weighted by atomic mass is 9.61. The van der Waals surface area contributed by atoms with E-state index in [1.165, 1.54) is 12.5 Å². The third-order valence-electron chi connectivity index (χ3n) is 6.57. The van der Waals surface area contributed by atoms with Crippen molar-refractivity contribution in [1.29, 1.82) is 0 Å².